The van der Waals surface area contributed by atoms with Crippen LogP contribution in [0.4, 0.5) is 0 Å². The van der Waals surface area contributed by atoms with Crippen LogP contribution in [0.3, 0.4) is 0 Å². The third-order valence-corrected chi connectivity index (χ3v) is 5.26. The first kappa shape index (κ1) is 13.9. The van der Waals surface area contributed by atoms with E-state index in [1.807, 2.05) is 0 Å². The fraction of sp³-hybridized carbons (Fsp3) is 0.867. The van der Waals surface area contributed by atoms with E-state index in [1.54, 1.807) is 4.90 Å². The molecule has 1 saturated heterocycles. The van der Waals surface area contributed by atoms with Gasteiger partial charge in [0, 0.05) is 18.5 Å². The Morgan fingerprint density at radius 2 is 1.80 bits per heavy atom. The van der Waals surface area contributed by atoms with Gasteiger partial charge in [-0.2, -0.15) is 0 Å². The third kappa shape index (κ3) is 2.68. The molecule has 3 unspecified atom stereocenters. The minimum Gasteiger partial charge on any atom is -0.368 e. The van der Waals surface area contributed by atoms with E-state index in [0.29, 0.717) is 11.8 Å². The lowest BCUT2D eigenvalue weighted by molar-refractivity contribution is -0.139. The molecule has 1 heterocycles. The predicted octanol–water partition coefficient (Wildman–Crippen LogP) is 0.488. The van der Waals surface area contributed by atoms with Crippen LogP contribution in [0.25, 0.3) is 0 Å². The molecular weight excluding hydrogens is 254 g/mol. The number of fused-ring (bicyclic) bond motifs is 1. The van der Waals surface area contributed by atoms with Crippen molar-refractivity contribution in [2.75, 3.05) is 19.6 Å². The molecular formula is C15H25N3O2. The number of nitrogens with two attached hydrogens (primary N) is 1. The summed E-state index contributed by atoms with van der Waals surface area (Å²) in [5.74, 6) is 1.15. The van der Waals surface area contributed by atoms with Gasteiger partial charge in [0.15, 0.2) is 0 Å². The Hall–Kier alpha value is -1.10. The number of carbonyl (C=O) groups is 2. The zero-order chi connectivity index (χ0) is 14.1. The molecule has 3 N–H and O–H groups in total. The summed E-state index contributed by atoms with van der Waals surface area (Å²) in [4.78, 5) is 25.9. The van der Waals surface area contributed by atoms with Crippen molar-refractivity contribution in [3.05, 3.63) is 0 Å². The molecule has 2 saturated carbocycles. The number of hydrogen-bond acceptors (Lipinski definition) is 3. The summed E-state index contributed by atoms with van der Waals surface area (Å²) < 4.78 is 0. The molecule has 3 fully saturated rings. The Kier molecular flexibility index (Phi) is 3.96. The van der Waals surface area contributed by atoms with Gasteiger partial charge >= 0.3 is 0 Å². The van der Waals surface area contributed by atoms with E-state index in [0.717, 1.165) is 25.9 Å². The lowest BCUT2D eigenvalue weighted by atomic mass is 10.0. The Morgan fingerprint density at radius 3 is 2.35 bits per heavy atom. The normalized spacial score (nSPS) is 36.0. The van der Waals surface area contributed by atoms with Crippen LogP contribution in [0, 0.1) is 17.8 Å². The third-order valence-electron chi connectivity index (χ3n) is 5.26. The van der Waals surface area contributed by atoms with E-state index in [4.69, 9.17) is 5.73 Å². The van der Waals surface area contributed by atoms with E-state index in [1.165, 1.54) is 25.7 Å². The molecule has 0 radical (unpaired) electrons. The molecule has 3 atom stereocenters. The molecule has 20 heavy (non-hydrogen) atoms. The van der Waals surface area contributed by atoms with Gasteiger partial charge in [-0.25, -0.2) is 0 Å². The first-order chi connectivity index (χ1) is 9.68. The summed E-state index contributed by atoms with van der Waals surface area (Å²) in [5, 5.41) is 3.32. The van der Waals surface area contributed by atoms with Crippen LogP contribution in [0.2, 0.25) is 0 Å². The van der Waals surface area contributed by atoms with Crippen molar-refractivity contribution in [2.24, 2.45) is 23.5 Å². The van der Waals surface area contributed by atoms with Crippen molar-refractivity contribution in [1.29, 1.82) is 0 Å². The highest BCUT2D eigenvalue weighted by Crippen LogP contribution is 2.56. The summed E-state index contributed by atoms with van der Waals surface area (Å²) in [6, 6.07) is 0.145. The van der Waals surface area contributed by atoms with Gasteiger partial charge in [0.05, 0.1) is 6.54 Å². The number of nitrogens with zero attached hydrogens (tertiary/aromatic N) is 1. The van der Waals surface area contributed by atoms with Crippen molar-refractivity contribution in [3.63, 3.8) is 0 Å². The van der Waals surface area contributed by atoms with Crippen molar-refractivity contribution < 1.29 is 9.59 Å². The molecule has 3 aliphatic rings. The molecule has 5 heteroatoms. The Morgan fingerprint density at radius 1 is 1.10 bits per heavy atom. The highest BCUT2D eigenvalue weighted by molar-refractivity contribution is 5.87. The fourth-order valence-corrected chi connectivity index (χ4v) is 4.20. The zero-order valence-electron chi connectivity index (χ0n) is 12.0. The summed E-state index contributed by atoms with van der Waals surface area (Å²) >= 11 is 0. The number of hydrogen-bond donors (Lipinski definition) is 2. The van der Waals surface area contributed by atoms with Gasteiger partial charge in [-0.3, -0.25) is 9.59 Å². The maximum absolute atomic E-state index is 12.8. The molecule has 3 rings (SSSR count). The second-order valence-corrected chi connectivity index (χ2v) is 6.57. The molecule has 0 aromatic carbocycles. The van der Waals surface area contributed by atoms with E-state index in [2.05, 4.69) is 5.32 Å². The number of amides is 2. The molecule has 0 aromatic heterocycles. The standard InChI is InChI=1S/C15H25N3O2/c16-13(19)9-18(10-4-3-7-17-8-10)15(20)14-11-5-1-2-6-12(11)14/h10-12,14,17H,1-9H2,(H2,16,19). The maximum Gasteiger partial charge on any atom is 0.237 e. The highest BCUT2D eigenvalue weighted by atomic mass is 16.2. The number of piperidine rings is 1. The van der Waals surface area contributed by atoms with Crippen LogP contribution in [-0.2, 0) is 9.59 Å². The molecule has 2 aliphatic carbocycles. The van der Waals surface area contributed by atoms with Crippen LogP contribution < -0.4 is 11.1 Å². The number of carbonyl (C=O) groups excluding carboxylic acids is 2. The van der Waals surface area contributed by atoms with E-state index >= 15 is 0 Å². The van der Waals surface area contributed by atoms with Gasteiger partial charge < -0.3 is 16.0 Å². The topological polar surface area (TPSA) is 75.4 Å². The number of primary amides is 1. The first-order valence-corrected chi connectivity index (χ1v) is 7.98. The predicted molar refractivity (Wildman–Crippen MR) is 75.7 cm³/mol. The SMILES string of the molecule is NC(=O)CN(C(=O)C1C2CCCCC21)C1CCCNC1. The quantitative estimate of drug-likeness (QED) is 0.786. The largest absolute Gasteiger partial charge is 0.368 e. The van der Waals surface area contributed by atoms with E-state index < -0.39 is 5.91 Å². The average Bonchev–Trinajstić information content (AvgIpc) is 3.19. The zero-order valence-corrected chi connectivity index (χ0v) is 12.0. The molecule has 0 spiro atoms. The van der Waals surface area contributed by atoms with Gasteiger partial charge in [0.2, 0.25) is 11.8 Å². The van der Waals surface area contributed by atoms with Crippen molar-refractivity contribution in [2.45, 2.75) is 44.6 Å². The Bertz CT molecular complexity index is 381. The van der Waals surface area contributed by atoms with Crippen LogP contribution in [0.15, 0.2) is 0 Å². The molecule has 1 aliphatic heterocycles. The average molecular weight is 279 g/mol. The Labute approximate surface area is 120 Å². The highest BCUT2D eigenvalue weighted by Gasteiger charge is 2.56. The lowest BCUT2D eigenvalue weighted by Crippen LogP contribution is -2.52. The molecule has 0 bridgehead atoms. The van der Waals surface area contributed by atoms with Crippen LogP contribution in [0.1, 0.15) is 38.5 Å². The van der Waals surface area contributed by atoms with Gasteiger partial charge in [0.25, 0.3) is 0 Å². The van der Waals surface area contributed by atoms with Gasteiger partial charge in [-0.1, -0.05) is 12.8 Å². The molecule has 112 valence electrons. The molecule has 0 aromatic rings. The monoisotopic (exact) mass is 279 g/mol. The second-order valence-electron chi connectivity index (χ2n) is 6.57. The fourth-order valence-electron chi connectivity index (χ4n) is 4.20. The second kappa shape index (κ2) is 5.72. The molecule has 2 amide bonds. The Balaban J connectivity index is 1.68. The minimum absolute atomic E-state index is 0.0844. The van der Waals surface area contributed by atoms with Crippen LogP contribution in [-0.4, -0.2) is 42.4 Å². The molecule has 5 nitrogen and oxygen atoms in total. The maximum atomic E-state index is 12.8. The summed E-state index contributed by atoms with van der Waals surface area (Å²) in [5.41, 5.74) is 5.35. The lowest BCUT2D eigenvalue weighted by Gasteiger charge is -2.34. The van der Waals surface area contributed by atoms with E-state index in [-0.39, 0.29) is 24.4 Å². The number of rotatable bonds is 4. The van der Waals surface area contributed by atoms with Crippen molar-refractivity contribution >= 4 is 11.8 Å². The van der Waals surface area contributed by atoms with Crippen molar-refractivity contribution in [1.82, 2.24) is 10.2 Å². The summed E-state index contributed by atoms with van der Waals surface area (Å²) in [6.45, 7) is 1.88. The van der Waals surface area contributed by atoms with Gasteiger partial charge in [0.1, 0.15) is 0 Å². The van der Waals surface area contributed by atoms with E-state index in [9.17, 15) is 9.59 Å². The summed E-state index contributed by atoms with van der Waals surface area (Å²) in [7, 11) is 0. The van der Waals surface area contributed by atoms with Crippen LogP contribution >= 0.6 is 0 Å². The van der Waals surface area contributed by atoms with Gasteiger partial charge in [-0.05, 0) is 44.1 Å². The summed E-state index contributed by atoms with van der Waals surface area (Å²) in [6.07, 6.45) is 6.93. The first-order valence-electron chi connectivity index (χ1n) is 7.98. The van der Waals surface area contributed by atoms with Crippen LogP contribution in [0.5, 0.6) is 0 Å². The minimum atomic E-state index is -0.396. The van der Waals surface area contributed by atoms with Crippen molar-refractivity contribution in [3.8, 4) is 0 Å². The smallest absolute Gasteiger partial charge is 0.237 e. The van der Waals surface area contributed by atoms with Gasteiger partial charge in [-0.15, -0.1) is 0 Å². The number of nitrogens with one attached hydrogen (secondary N) is 1.